The van der Waals surface area contributed by atoms with Gasteiger partial charge in [0.25, 0.3) is 0 Å². The van der Waals surface area contributed by atoms with Gasteiger partial charge in [-0.15, -0.1) is 0 Å². The van der Waals surface area contributed by atoms with Crippen LogP contribution < -0.4 is 5.32 Å². The third-order valence-electron chi connectivity index (χ3n) is 4.50. The molecule has 0 amide bonds. The van der Waals surface area contributed by atoms with Gasteiger partial charge in [-0.3, -0.25) is 0 Å². The van der Waals surface area contributed by atoms with E-state index in [1.807, 2.05) is 0 Å². The van der Waals surface area contributed by atoms with Gasteiger partial charge in [-0.25, -0.2) is 0 Å². The van der Waals surface area contributed by atoms with Gasteiger partial charge >= 0.3 is 0 Å². The topological polar surface area (TPSA) is 15.3 Å². The van der Waals surface area contributed by atoms with Crippen LogP contribution in [0.3, 0.4) is 0 Å². The molecule has 0 aromatic rings. The molecule has 1 N–H and O–H groups in total. The summed E-state index contributed by atoms with van der Waals surface area (Å²) in [6, 6.07) is 1.49. The van der Waals surface area contributed by atoms with E-state index in [0.717, 1.165) is 18.5 Å². The Labute approximate surface area is 115 Å². The molecule has 1 saturated carbocycles. The third kappa shape index (κ3) is 5.27. The Kier molecular flexibility index (Phi) is 6.13. The first kappa shape index (κ1) is 16.0. The second-order valence-corrected chi connectivity index (χ2v) is 7.31. The molecule has 1 aliphatic rings. The largest absolute Gasteiger partial charge is 0.312 e. The predicted octanol–water partition coefficient (Wildman–Crippen LogP) is 3.66. The number of hydrogen-bond acceptors (Lipinski definition) is 2. The fourth-order valence-electron chi connectivity index (χ4n) is 3.09. The molecule has 108 valence electrons. The quantitative estimate of drug-likeness (QED) is 0.805. The van der Waals surface area contributed by atoms with Gasteiger partial charge in [-0.2, -0.15) is 0 Å². The van der Waals surface area contributed by atoms with Crippen LogP contribution in [0.5, 0.6) is 0 Å². The standard InChI is InChI=1S/C16H34N2/c1-13-9-7-8-10-15(13)18(6)14(2)11-12-17-16(3,4)5/h13-15,17H,7-12H2,1-6H3. The minimum Gasteiger partial charge on any atom is -0.312 e. The highest BCUT2D eigenvalue weighted by Gasteiger charge is 2.27. The van der Waals surface area contributed by atoms with E-state index in [1.54, 1.807) is 0 Å². The fourth-order valence-corrected chi connectivity index (χ4v) is 3.09. The van der Waals surface area contributed by atoms with Crippen molar-refractivity contribution < 1.29 is 0 Å². The number of nitrogens with zero attached hydrogens (tertiary/aromatic N) is 1. The van der Waals surface area contributed by atoms with Crippen LogP contribution in [0.4, 0.5) is 0 Å². The van der Waals surface area contributed by atoms with Crippen molar-refractivity contribution in [2.75, 3.05) is 13.6 Å². The molecule has 1 fully saturated rings. The molecule has 18 heavy (non-hydrogen) atoms. The summed E-state index contributed by atoms with van der Waals surface area (Å²) in [7, 11) is 2.33. The molecule has 0 aromatic carbocycles. The van der Waals surface area contributed by atoms with E-state index in [-0.39, 0.29) is 5.54 Å². The molecule has 0 aromatic heterocycles. The minimum absolute atomic E-state index is 0.246. The minimum atomic E-state index is 0.246. The van der Waals surface area contributed by atoms with Gasteiger partial charge in [0.2, 0.25) is 0 Å². The number of hydrogen-bond donors (Lipinski definition) is 1. The maximum Gasteiger partial charge on any atom is 0.0121 e. The number of rotatable bonds is 5. The van der Waals surface area contributed by atoms with Gasteiger partial charge < -0.3 is 10.2 Å². The second kappa shape index (κ2) is 6.91. The van der Waals surface area contributed by atoms with Crippen LogP contribution >= 0.6 is 0 Å². The van der Waals surface area contributed by atoms with E-state index in [2.05, 4.69) is 51.9 Å². The van der Waals surface area contributed by atoms with Gasteiger partial charge in [-0.05, 0) is 66.5 Å². The van der Waals surface area contributed by atoms with E-state index in [1.165, 1.54) is 32.1 Å². The summed E-state index contributed by atoms with van der Waals surface area (Å²) in [5, 5.41) is 3.60. The summed E-state index contributed by atoms with van der Waals surface area (Å²) in [5.74, 6) is 0.877. The van der Waals surface area contributed by atoms with E-state index in [9.17, 15) is 0 Å². The fraction of sp³-hybridized carbons (Fsp3) is 1.00. The molecule has 0 radical (unpaired) electrons. The number of nitrogens with one attached hydrogen (secondary N) is 1. The van der Waals surface area contributed by atoms with Crippen LogP contribution in [-0.2, 0) is 0 Å². The highest BCUT2D eigenvalue weighted by Crippen LogP contribution is 2.28. The molecule has 0 heterocycles. The highest BCUT2D eigenvalue weighted by atomic mass is 15.2. The third-order valence-corrected chi connectivity index (χ3v) is 4.50. The van der Waals surface area contributed by atoms with Crippen molar-refractivity contribution in [2.45, 2.75) is 84.3 Å². The molecule has 1 aliphatic carbocycles. The maximum atomic E-state index is 3.60. The molecule has 2 nitrogen and oxygen atoms in total. The zero-order valence-corrected chi connectivity index (χ0v) is 13.4. The second-order valence-electron chi connectivity index (χ2n) is 7.31. The first-order valence-electron chi connectivity index (χ1n) is 7.78. The van der Waals surface area contributed by atoms with Gasteiger partial charge in [0.1, 0.15) is 0 Å². The molecule has 2 heteroatoms. The molecule has 3 unspecified atom stereocenters. The molecule has 0 bridgehead atoms. The summed E-state index contributed by atoms with van der Waals surface area (Å²) >= 11 is 0. The lowest BCUT2D eigenvalue weighted by Crippen LogP contribution is -2.45. The summed E-state index contributed by atoms with van der Waals surface area (Å²) in [6.07, 6.45) is 6.92. The Balaban J connectivity index is 2.33. The lowest BCUT2D eigenvalue weighted by molar-refractivity contribution is 0.0987. The van der Waals surface area contributed by atoms with Gasteiger partial charge in [0.05, 0.1) is 0 Å². The van der Waals surface area contributed by atoms with E-state index >= 15 is 0 Å². The van der Waals surface area contributed by atoms with Gasteiger partial charge in [0, 0.05) is 17.6 Å². The normalized spacial score (nSPS) is 27.5. The first-order chi connectivity index (χ1) is 8.31. The van der Waals surface area contributed by atoms with Crippen molar-refractivity contribution in [1.29, 1.82) is 0 Å². The Morgan fingerprint density at radius 3 is 2.39 bits per heavy atom. The Bertz CT molecular complexity index is 232. The van der Waals surface area contributed by atoms with Crippen LogP contribution in [0.25, 0.3) is 0 Å². The maximum absolute atomic E-state index is 3.60. The summed E-state index contributed by atoms with van der Waals surface area (Å²) in [6.45, 7) is 12.7. The van der Waals surface area contributed by atoms with Crippen LogP contribution in [0.15, 0.2) is 0 Å². The summed E-state index contributed by atoms with van der Waals surface area (Å²) < 4.78 is 0. The van der Waals surface area contributed by atoms with Crippen molar-refractivity contribution in [2.24, 2.45) is 5.92 Å². The van der Waals surface area contributed by atoms with Gasteiger partial charge in [-0.1, -0.05) is 19.8 Å². The van der Waals surface area contributed by atoms with Crippen LogP contribution in [0.2, 0.25) is 0 Å². The lowest BCUT2D eigenvalue weighted by Gasteiger charge is -2.40. The predicted molar refractivity (Wildman–Crippen MR) is 81.0 cm³/mol. The zero-order chi connectivity index (χ0) is 13.8. The van der Waals surface area contributed by atoms with E-state index < -0.39 is 0 Å². The summed E-state index contributed by atoms with van der Waals surface area (Å²) in [4.78, 5) is 2.63. The van der Waals surface area contributed by atoms with Crippen LogP contribution in [-0.4, -0.2) is 36.1 Å². The van der Waals surface area contributed by atoms with Crippen molar-refractivity contribution in [3.63, 3.8) is 0 Å². The molecule has 0 saturated heterocycles. The molecule has 3 atom stereocenters. The molecule has 0 spiro atoms. The van der Waals surface area contributed by atoms with Crippen LogP contribution in [0.1, 0.15) is 66.7 Å². The smallest absolute Gasteiger partial charge is 0.0121 e. The Hall–Kier alpha value is -0.0800. The average molecular weight is 254 g/mol. The van der Waals surface area contributed by atoms with Crippen molar-refractivity contribution in [3.8, 4) is 0 Å². The van der Waals surface area contributed by atoms with Crippen molar-refractivity contribution in [3.05, 3.63) is 0 Å². The molecule has 1 rings (SSSR count). The average Bonchev–Trinajstić information content (AvgIpc) is 2.27. The van der Waals surface area contributed by atoms with Crippen molar-refractivity contribution in [1.82, 2.24) is 10.2 Å². The first-order valence-corrected chi connectivity index (χ1v) is 7.78. The highest BCUT2D eigenvalue weighted by molar-refractivity contribution is 4.82. The Morgan fingerprint density at radius 1 is 1.22 bits per heavy atom. The molecular weight excluding hydrogens is 220 g/mol. The lowest BCUT2D eigenvalue weighted by atomic mass is 9.84. The SMILES string of the molecule is CC1CCCCC1N(C)C(C)CCNC(C)(C)C. The van der Waals surface area contributed by atoms with Crippen LogP contribution in [0, 0.1) is 5.92 Å². The van der Waals surface area contributed by atoms with E-state index in [0.29, 0.717) is 6.04 Å². The van der Waals surface area contributed by atoms with Gasteiger partial charge in [0.15, 0.2) is 0 Å². The zero-order valence-electron chi connectivity index (χ0n) is 13.4. The monoisotopic (exact) mass is 254 g/mol. The summed E-state index contributed by atoms with van der Waals surface area (Å²) in [5.41, 5.74) is 0.246. The Morgan fingerprint density at radius 2 is 1.83 bits per heavy atom. The van der Waals surface area contributed by atoms with E-state index in [4.69, 9.17) is 0 Å². The van der Waals surface area contributed by atoms with Crippen molar-refractivity contribution >= 4 is 0 Å². The molecule has 0 aliphatic heterocycles. The molecular formula is C16H34N2.